The summed E-state index contributed by atoms with van der Waals surface area (Å²) in [5, 5.41) is 0. The van der Waals surface area contributed by atoms with Gasteiger partial charge in [0.05, 0.1) is 38.3 Å². The molecule has 1 saturated carbocycles. The van der Waals surface area contributed by atoms with Crippen LogP contribution in [0.3, 0.4) is 0 Å². The lowest BCUT2D eigenvalue weighted by Crippen LogP contribution is -2.36. The van der Waals surface area contributed by atoms with E-state index in [0.29, 0.717) is 38.3 Å². The number of methoxy groups -OCH3 is 1. The molecule has 0 amide bonds. The van der Waals surface area contributed by atoms with Crippen molar-refractivity contribution in [3.05, 3.63) is 47.4 Å². The number of fused-ring (bicyclic) bond motifs is 1. The Kier molecular flexibility index (Phi) is 4.43. The van der Waals surface area contributed by atoms with Gasteiger partial charge < -0.3 is 19.1 Å². The van der Waals surface area contributed by atoms with E-state index in [1.54, 1.807) is 6.33 Å². The highest BCUT2D eigenvalue weighted by molar-refractivity contribution is 6.14. The van der Waals surface area contributed by atoms with E-state index in [-0.39, 0.29) is 5.97 Å². The molecule has 2 aromatic rings. The van der Waals surface area contributed by atoms with Crippen LogP contribution in [0.1, 0.15) is 29.7 Å². The molecule has 2 aliphatic heterocycles. The van der Waals surface area contributed by atoms with Crippen LogP contribution in [-0.2, 0) is 20.8 Å². The lowest BCUT2D eigenvalue weighted by molar-refractivity contribution is -0.151. The lowest BCUT2D eigenvalue weighted by atomic mass is 10.0. The van der Waals surface area contributed by atoms with Crippen LogP contribution in [0.25, 0.3) is 0 Å². The third-order valence-corrected chi connectivity index (χ3v) is 5.55. The second-order valence-corrected chi connectivity index (χ2v) is 7.43. The zero-order valence-corrected chi connectivity index (χ0v) is 16.3. The van der Waals surface area contributed by atoms with Gasteiger partial charge in [0.2, 0.25) is 5.60 Å². The fourth-order valence-corrected chi connectivity index (χ4v) is 3.76. The van der Waals surface area contributed by atoms with Crippen molar-refractivity contribution in [1.29, 1.82) is 0 Å². The Hall–Kier alpha value is -3.00. The topological polar surface area (TPSA) is 86.1 Å². The molecule has 5 rings (SSSR count). The zero-order chi connectivity index (χ0) is 19.8. The number of esters is 1. The standard InChI is InChI=1S/C21H22N4O4/c1-27-20(26)21(4-5-21)29-15-3-2-14-12-22-19(16(14)10-15)17-11-18(24-13-23-17)25-6-8-28-9-7-25/h2-3,10-11,13H,4-9,12H2,1H3. The van der Waals surface area contributed by atoms with Gasteiger partial charge in [-0.1, -0.05) is 6.07 Å². The molecule has 8 nitrogen and oxygen atoms in total. The molecule has 1 saturated heterocycles. The monoisotopic (exact) mass is 394 g/mol. The van der Waals surface area contributed by atoms with Gasteiger partial charge in [0, 0.05) is 37.6 Å². The molecule has 8 heteroatoms. The molecule has 0 unspecified atom stereocenters. The summed E-state index contributed by atoms with van der Waals surface area (Å²) in [4.78, 5) is 27.8. The molecule has 2 fully saturated rings. The Morgan fingerprint density at radius 1 is 1.17 bits per heavy atom. The predicted octanol–water partition coefficient (Wildman–Crippen LogP) is 1.75. The van der Waals surface area contributed by atoms with Crippen molar-refractivity contribution in [2.45, 2.75) is 25.0 Å². The van der Waals surface area contributed by atoms with Gasteiger partial charge in [-0.15, -0.1) is 0 Å². The number of aliphatic imine (C=N–C) groups is 1. The van der Waals surface area contributed by atoms with Crippen molar-refractivity contribution in [2.24, 2.45) is 4.99 Å². The maximum Gasteiger partial charge on any atom is 0.350 e. The van der Waals surface area contributed by atoms with Crippen LogP contribution in [0.2, 0.25) is 0 Å². The number of aromatic nitrogens is 2. The highest BCUT2D eigenvalue weighted by Gasteiger charge is 2.54. The number of morpholine rings is 1. The van der Waals surface area contributed by atoms with Gasteiger partial charge in [-0.25, -0.2) is 14.8 Å². The SMILES string of the molecule is COC(=O)C1(Oc2ccc3c(c2)C(c2cc(N4CCOCC4)ncn2)=NC3)CC1. The minimum Gasteiger partial charge on any atom is -0.476 e. The second-order valence-electron chi connectivity index (χ2n) is 7.43. The molecule has 3 heterocycles. The molecule has 1 aromatic heterocycles. The van der Waals surface area contributed by atoms with Gasteiger partial charge in [0.1, 0.15) is 17.9 Å². The van der Waals surface area contributed by atoms with Crippen LogP contribution in [-0.4, -0.2) is 60.7 Å². The molecular formula is C21H22N4O4. The third kappa shape index (κ3) is 3.33. The van der Waals surface area contributed by atoms with Crippen molar-refractivity contribution in [3.63, 3.8) is 0 Å². The fourth-order valence-electron chi connectivity index (χ4n) is 3.76. The van der Waals surface area contributed by atoms with E-state index in [1.807, 2.05) is 24.3 Å². The normalized spacial score (nSPS) is 19.3. The molecule has 1 aliphatic carbocycles. The average Bonchev–Trinajstić information content (AvgIpc) is 3.44. The van der Waals surface area contributed by atoms with Crippen LogP contribution in [0.15, 0.2) is 35.6 Å². The lowest BCUT2D eigenvalue weighted by Gasteiger charge is -2.27. The Balaban J connectivity index is 1.41. The highest BCUT2D eigenvalue weighted by Crippen LogP contribution is 2.42. The number of hydrogen-bond donors (Lipinski definition) is 0. The van der Waals surface area contributed by atoms with Gasteiger partial charge in [0.25, 0.3) is 0 Å². The maximum atomic E-state index is 12.0. The first-order valence-corrected chi connectivity index (χ1v) is 9.79. The highest BCUT2D eigenvalue weighted by atomic mass is 16.6. The van der Waals surface area contributed by atoms with Gasteiger partial charge in [-0.2, -0.15) is 0 Å². The van der Waals surface area contributed by atoms with Crippen molar-refractivity contribution < 1.29 is 19.0 Å². The Labute approximate surface area is 168 Å². The van der Waals surface area contributed by atoms with Crippen molar-refractivity contribution in [3.8, 4) is 5.75 Å². The summed E-state index contributed by atoms with van der Waals surface area (Å²) in [5.41, 5.74) is 2.87. The van der Waals surface area contributed by atoms with E-state index >= 15 is 0 Å². The average molecular weight is 394 g/mol. The Morgan fingerprint density at radius 2 is 2.00 bits per heavy atom. The largest absolute Gasteiger partial charge is 0.476 e. The number of hydrogen-bond acceptors (Lipinski definition) is 8. The van der Waals surface area contributed by atoms with Crippen molar-refractivity contribution in [1.82, 2.24) is 9.97 Å². The van der Waals surface area contributed by atoms with Gasteiger partial charge in [0.15, 0.2) is 0 Å². The third-order valence-electron chi connectivity index (χ3n) is 5.55. The summed E-state index contributed by atoms with van der Waals surface area (Å²) in [5.74, 6) is 1.20. The minimum absolute atomic E-state index is 0.321. The number of carbonyl (C=O) groups is 1. The molecule has 0 N–H and O–H groups in total. The quantitative estimate of drug-likeness (QED) is 0.714. The number of carbonyl (C=O) groups excluding carboxylic acids is 1. The first-order chi connectivity index (χ1) is 14.2. The molecule has 3 aliphatic rings. The first kappa shape index (κ1) is 18.1. The summed E-state index contributed by atoms with van der Waals surface area (Å²) in [6.07, 6.45) is 2.93. The molecule has 29 heavy (non-hydrogen) atoms. The van der Waals surface area contributed by atoms with Gasteiger partial charge in [-0.05, 0) is 17.7 Å². The van der Waals surface area contributed by atoms with Crippen LogP contribution in [0.5, 0.6) is 5.75 Å². The molecule has 150 valence electrons. The van der Waals surface area contributed by atoms with E-state index in [1.165, 1.54) is 7.11 Å². The first-order valence-electron chi connectivity index (χ1n) is 9.79. The Morgan fingerprint density at radius 3 is 2.76 bits per heavy atom. The second kappa shape index (κ2) is 7.11. The smallest absolute Gasteiger partial charge is 0.350 e. The van der Waals surface area contributed by atoms with Crippen LogP contribution >= 0.6 is 0 Å². The van der Waals surface area contributed by atoms with Crippen molar-refractivity contribution >= 4 is 17.5 Å². The number of rotatable bonds is 5. The fraction of sp³-hybridized carbons (Fsp3) is 0.429. The Bertz CT molecular complexity index is 980. The zero-order valence-electron chi connectivity index (χ0n) is 16.3. The van der Waals surface area contributed by atoms with Crippen LogP contribution in [0, 0.1) is 0 Å². The molecule has 0 spiro atoms. The predicted molar refractivity (Wildman–Crippen MR) is 105 cm³/mol. The molecule has 1 aromatic carbocycles. The molecule has 0 radical (unpaired) electrons. The van der Waals surface area contributed by atoms with Crippen molar-refractivity contribution in [2.75, 3.05) is 38.3 Å². The molecular weight excluding hydrogens is 372 g/mol. The molecule has 0 atom stereocenters. The summed E-state index contributed by atoms with van der Waals surface area (Å²) in [7, 11) is 1.39. The van der Waals surface area contributed by atoms with Gasteiger partial charge >= 0.3 is 5.97 Å². The summed E-state index contributed by atoms with van der Waals surface area (Å²) in [6, 6.07) is 7.81. The van der Waals surface area contributed by atoms with E-state index in [9.17, 15) is 4.79 Å². The maximum absolute atomic E-state index is 12.0. The minimum atomic E-state index is -0.836. The van der Waals surface area contributed by atoms with Crippen LogP contribution in [0.4, 0.5) is 5.82 Å². The summed E-state index contributed by atoms with van der Waals surface area (Å²) >= 11 is 0. The number of anilines is 1. The number of benzene rings is 1. The van der Waals surface area contributed by atoms with Crippen LogP contribution < -0.4 is 9.64 Å². The van der Waals surface area contributed by atoms with Gasteiger partial charge in [-0.3, -0.25) is 4.99 Å². The van der Waals surface area contributed by atoms with E-state index < -0.39 is 5.60 Å². The van der Waals surface area contributed by atoms with E-state index in [2.05, 4.69) is 14.9 Å². The molecule has 0 bridgehead atoms. The summed E-state index contributed by atoms with van der Waals surface area (Å²) in [6.45, 7) is 3.63. The number of nitrogens with zero attached hydrogens (tertiary/aromatic N) is 4. The van der Waals surface area contributed by atoms with E-state index in [4.69, 9.17) is 19.2 Å². The summed E-state index contributed by atoms with van der Waals surface area (Å²) < 4.78 is 16.3. The number of ether oxygens (including phenoxy) is 3. The van der Waals surface area contributed by atoms with E-state index in [0.717, 1.165) is 41.4 Å².